The molecule has 1 N–H and O–H groups in total. The van der Waals surface area contributed by atoms with Crippen molar-refractivity contribution < 1.29 is 14.0 Å². The number of urea groups is 1. The highest BCUT2D eigenvalue weighted by Crippen LogP contribution is 2.29. The van der Waals surface area contributed by atoms with Gasteiger partial charge in [0, 0.05) is 39.1 Å². The number of allylic oxidation sites excluding steroid dienone is 2. The van der Waals surface area contributed by atoms with E-state index in [0.717, 1.165) is 25.2 Å². The minimum atomic E-state index is -0.933. The van der Waals surface area contributed by atoms with Gasteiger partial charge in [0.15, 0.2) is 5.13 Å². The highest BCUT2D eigenvalue weighted by Gasteiger charge is 2.33. The summed E-state index contributed by atoms with van der Waals surface area (Å²) in [4.78, 5) is 36.2. The van der Waals surface area contributed by atoms with E-state index in [1.165, 1.54) is 30.3 Å². The molecule has 2 saturated heterocycles. The number of anilines is 1. The summed E-state index contributed by atoms with van der Waals surface area (Å²) in [6, 6.07) is -0.124. The van der Waals surface area contributed by atoms with Crippen molar-refractivity contribution in [1.29, 1.82) is 0 Å². The number of nitrogens with one attached hydrogen (secondary N) is 1. The third-order valence-corrected chi connectivity index (χ3v) is 6.91. The Morgan fingerprint density at radius 2 is 2.10 bits per heavy atom. The lowest BCUT2D eigenvalue weighted by Gasteiger charge is -2.19. The first kappa shape index (κ1) is 21.0. The normalized spacial score (nSPS) is 22.1. The van der Waals surface area contributed by atoms with Gasteiger partial charge in [-0.15, -0.1) is 0 Å². The largest absolute Gasteiger partial charge is 0.350 e. The van der Waals surface area contributed by atoms with Crippen LogP contribution in [0.25, 0.3) is 0 Å². The Morgan fingerprint density at radius 1 is 1.30 bits per heavy atom. The maximum atomic E-state index is 13.2. The second kappa shape index (κ2) is 9.26. The summed E-state index contributed by atoms with van der Waals surface area (Å²) in [6.07, 6.45) is 7.02. The summed E-state index contributed by atoms with van der Waals surface area (Å²) in [5, 5.41) is 3.54. The Kier molecular flexibility index (Phi) is 6.48. The van der Waals surface area contributed by atoms with Crippen LogP contribution in [0.1, 0.15) is 34.6 Å². The van der Waals surface area contributed by atoms with Crippen molar-refractivity contribution >= 4 is 28.4 Å². The molecule has 7 nitrogen and oxygen atoms in total. The number of halogens is 1. The number of aromatic nitrogens is 1. The molecule has 3 heterocycles. The molecule has 2 fully saturated rings. The van der Waals surface area contributed by atoms with E-state index in [2.05, 4.69) is 15.2 Å². The molecule has 3 aliphatic rings. The van der Waals surface area contributed by atoms with Crippen molar-refractivity contribution in [3.63, 3.8) is 0 Å². The van der Waals surface area contributed by atoms with E-state index in [4.69, 9.17) is 0 Å². The number of rotatable bonds is 7. The predicted molar refractivity (Wildman–Crippen MR) is 116 cm³/mol. The van der Waals surface area contributed by atoms with Gasteiger partial charge in [-0.25, -0.2) is 14.2 Å². The van der Waals surface area contributed by atoms with E-state index in [-0.39, 0.29) is 11.9 Å². The summed E-state index contributed by atoms with van der Waals surface area (Å²) in [5.74, 6) is -0.128. The molecule has 1 atom stereocenters. The van der Waals surface area contributed by atoms with Crippen LogP contribution in [0.2, 0.25) is 0 Å². The zero-order chi connectivity index (χ0) is 21.1. The molecule has 0 saturated carbocycles. The fourth-order valence-electron chi connectivity index (χ4n) is 4.01. The molecule has 30 heavy (non-hydrogen) atoms. The summed E-state index contributed by atoms with van der Waals surface area (Å²) < 4.78 is 13.2. The molecule has 2 aliphatic heterocycles. The zero-order valence-corrected chi connectivity index (χ0v) is 18.1. The predicted octanol–water partition coefficient (Wildman–Crippen LogP) is 2.74. The minimum absolute atomic E-state index is 0.124. The fraction of sp³-hybridized carbons (Fsp3) is 0.571. The highest BCUT2D eigenvalue weighted by molar-refractivity contribution is 7.17. The van der Waals surface area contributed by atoms with Crippen LogP contribution in [0.3, 0.4) is 0 Å². The number of carbonyl (C=O) groups excluding carboxylic acids is 2. The van der Waals surface area contributed by atoms with Crippen LogP contribution in [0.4, 0.5) is 14.3 Å². The summed E-state index contributed by atoms with van der Waals surface area (Å²) >= 11 is 1.26. The number of aryl methyl sites for hydroxylation is 1. The van der Waals surface area contributed by atoms with E-state index in [0.29, 0.717) is 48.3 Å². The molecule has 0 spiro atoms. The molecule has 1 aromatic heterocycles. The molecule has 1 aliphatic carbocycles. The van der Waals surface area contributed by atoms with Crippen LogP contribution in [-0.2, 0) is 0 Å². The Labute approximate surface area is 180 Å². The van der Waals surface area contributed by atoms with Crippen molar-refractivity contribution in [2.45, 2.75) is 32.4 Å². The standard InChI is InChI=1S/C21H28FN5O2S/c1-15-18(19(28)23-8-11-25-9-2-3-10-25)30-20(24-15)27-13-12-26(21(27)29)14-16-4-6-17(22)7-5-16/h4-6,17H,2-3,7-14H2,1H3,(H,23,28). The van der Waals surface area contributed by atoms with Crippen molar-refractivity contribution in [3.8, 4) is 0 Å². The lowest BCUT2D eigenvalue weighted by Crippen LogP contribution is -2.33. The molecular formula is C21H28FN5O2S. The first-order valence-electron chi connectivity index (χ1n) is 10.6. The van der Waals surface area contributed by atoms with Crippen LogP contribution < -0.4 is 10.2 Å². The maximum Gasteiger partial charge on any atom is 0.326 e. The van der Waals surface area contributed by atoms with Gasteiger partial charge in [-0.1, -0.05) is 29.6 Å². The maximum absolute atomic E-state index is 13.2. The van der Waals surface area contributed by atoms with Gasteiger partial charge in [0.2, 0.25) is 0 Å². The number of thiazole rings is 1. The number of nitrogens with zero attached hydrogens (tertiary/aromatic N) is 4. The van der Waals surface area contributed by atoms with Gasteiger partial charge in [0.05, 0.1) is 5.69 Å². The third kappa shape index (κ3) is 4.73. The molecule has 4 rings (SSSR count). The summed E-state index contributed by atoms with van der Waals surface area (Å²) in [6.45, 7) is 7.07. The van der Waals surface area contributed by atoms with E-state index < -0.39 is 6.17 Å². The zero-order valence-electron chi connectivity index (χ0n) is 17.3. The van der Waals surface area contributed by atoms with E-state index in [1.54, 1.807) is 22.8 Å². The number of hydrogen-bond acceptors (Lipinski definition) is 5. The van der Waals surface area contributed by atoms with Gasteiger partial charge in [0.25, 0.3) is 5.91 Å². The van der Waals surface area contributed by atoms with Gasteiger partial charge >= 0.3 is 6.03 Å². The fourth-order valence-corrected chi connectivity index (χ4v) is 5.01. The van der Waals surface area contributed by atoms with E-state index >= 15 is 0 Å². The molecule has 0 radical (unpaired) electrons. The monoisotopic (exact) mass is 433 g/mol. The SMILES string of the molecule is Cc1nc(N2CCN(CC3=CCC(F)C=C3)C2=O)sc1C(=O)NCCN1CCCC1. The van der Waals surface area contributed by atoms with Crippen molar-refractivity contribution in [2.75, 3.05) is 50.7 Å². The number of carbonyl (C=O) groups is 2. The number of alkyl halides is 1. The lowest BCUT2D eigenvalue weighted by atomic mass is 10.1. The third-order valence-electron chi connectivity index (χ3n) is 5.73. The first-order valence-corrected chi connectivity index (χ1v) is 11.4. The minimum Gasteiger partial charge on any atom is -0.350 e. The Balaban J connectivity index is 1.33. The van der Waals surface area contributed by atoms with Crippen molar-refractivity contribution in [2.24, 2.45) is 0 Å². The molecular weight excluding hydrogens is 405 g/mol. The van der Waals surface area contributed by atoms with Crippen LogP contribution in [0.5, 0.6) is 0 Å². The number of likely N-dealkylation sites (tertiary alicyclic amines) is 1. The van der Waals surface area contributed by atoms with Gasteiger partial charge in [-0.3, -0.25) is 9.69 Å². The van der Waals surface area contributed by atoms with E-state index in [9.17, 15) is 14.0 Å². The Hall–Kier alpha value is -2.26. The van der Waals surface area contributed by atoms with Gasteiger partial charge in [0.1, 0.15) is 11.0 Å². The molecule has 0 bridgehead atoms. The highest BCUT2D eigenvalue weighted by atomic mass is 32.1. The van der Waals surface area contributed by atoms with Crippen LogP contribution >= 0.6 is 11.3 Å². The van der Waals surface area contributed by atoms with Crippen molar-refractivity contribution in [1.82, 2.24) is 20.1 Å². The van der Waals surface area contributed by atoms with Gasteiger partial charge in [-0.2, -0.15) is 0 Å². The molecule has 0 aromatic carbocycles. The molecule has 1 unspecified atom stereocenters. The smallest absolute Gasteiger partial charge is 0.326 e. The summed E-state index contributed by atoms with van der Waals surface area (Å²) in [5.41, 5.74) is 1.60. The topological polar surface area (TPSA) is 68.8 Å². The number of hydrogen-bond donors (Lipinski definition) is 1. The molecule has 3 amide bonds. The Bertz CT molecular complexity index is 862. The lowest BCUT2D eigenvalue weighted by molar-refractivity contribution is 0.0953. The van der Waals surface area contributed by atoms with Crippen LogP contribution in [-0.4, -0.2) is 78.7 Å². The van der Waals surface area contributed by atoms with Crippen molar-refractivity contribution in [3.05, 3.63) is 34.4 Å². The van der Waals surface area contributed by atoms with Crippen LogP contribution in [0.15, 0.2) is 23.8 Å². The van der Waals surface area contributed by atoms with Gasteiger partial charge in [-0.05, 0) is 38.4 Å². The van der Waals surface area contributed by atoms with Gasteiger partial charge < -0.3 is 15.1 Å². The second-order valence-corrected chi connectivity index (χ2v) is 8.94. The molecule has 9 heteroatoms. The average molecular weight is 434 g/mol. The molecule has 1 aromatic rings. The molecule has 162 valence electrons. The first-order chi connectivity index (χ1) is 14.5. The average Bonchev–Trinajstić information content (AvgIpc) is 3.45. The number of amides is 3. The quantitative estimate of drug-likeness (QED) is 0.718. The second-order valence-electron chi connectivity index (χ2n) is 7.96. The van der Waals surface area contributed by atoms with E-state index in [1.807, 2.05) is 6.08 Å². The van der Waals surface area contributed by atoms with Crippen LogP contribution in [0, 0.1) is 6.92 Å². The summed E-state index contributed by atoms with van der Waals surface area (Å²) in [7, 11) is 0. The Morgan fingerprint density at radius 3 is 2.83 bits per heavy atom.